The fraction of sp³-hybridized carbons (Fsp3) is 0.517. The molecule has 0 aromatic heterocycles. The number of nitrogens with zero attached hydrogens (tertiary/aromatic N) is 1. The molecule has 2 aromatic rings. The van der Waals surface area contributed by atoms with Crippen molar-refractivity contribution in [3.8, 4) is 23.0 Å². The Balaban J connectivity index is 1.54. The Morgan fingerprint density at radius 1 is 0.947 bits per heavy atom. The molecule has 1 amide bonds. The van der Waals surface area contributed by atoms with Gasteiger partial charge in [0.1, 0.15) is 18.1 Å². The van der Waals surface area contributed by atoms with E-state index in [0.717, 1.165) is 49.5 Å². The number of rotatable bonds is 13. The smallest absolute Gasteiger partial charge is 0.312 e. The van der Waals surface area contributed by atoms with Gasteiger partial charge in [-0.15, -0.1) is 0 Å². The first-order chi connectivity index (χ1) is 18.4. The first-order valence-electron chi connectivity index (χ1n) is 13.2. The van der Waals surface area contributed by atoms with Crippen LogP contribution in [0.15, 0.2) is 36.4 Å². The van der Waals surface area contributed by atoms with E-state index in [2.05, 4.69) is 16.3 Å². The molecule has 1 unspecified atom stereocenters. The topological polar surface area (TPSA) is 95.6 Å². The lowest BCUT2D eigenvalue weighted by atomic mass is 10.0. The van der Waals surface area contributed by atoms with Crippen molar-refractivity contribution >= 4 is 11.9 Å². The molecule has 9 heteroatoms. The summed E-state index contributed by atoms with van der Waals surface area (Å²) in [5.41, 5.74) is 1.62. The maximum atomic E-state index is 13.1. The molecule has 208 valence electrons. The van der Waals surface area contributed by atoms with Crippen molar-refractivity contribution in [1.29, 1.82) is 0 Å². The van der Waals surface area contributed by atoms with Crippen LogP contribution >= 0.6 is 0 Å². The average Bonchev–Trinajstić information content (AvgIpc) is 2.93. The molecule has 0 spiro atoms. The SMILES string of the molecule is CCOC(=O)C(C)COc1cc(OC)cc(C(=O)NC2CCN(Cc3ccc(OC)c(OCC)c3)CC2)c1. The molecule has 0 radical (unpaired) electrons. The zero-order chi connectivity index (χ0) is 27.5. The van der Waals surface area contributed by atoms with Crippen molar-refractivity contribution in [1.82, 2.24) is 10.2 Å². The second-order valence-electron chi connectivity index (χ2n) is 9.30. The maximum absolute atomic E-state index is 13.1. The van der Waals surface area contributed by atoms with Crippen LogP contribution in [0.25, 0.3) is 0 Å². The normalized spacial score (nSPS) is 14.9. The van der Waals surface area contributed by atoms with Crippen LogP contribution in [0.2, 0.25) is 0 Å². The maximum Gasteiger partial charge on any atom is 0.312 e. The molecule has 1 fully saturated rings. The van der Waals surface area contributed by atoms with E-state index in [9.17, 15) is 9.59 Å². The highest BCUT2D eigenvalue weighted by Crippen LogP contribution is 2.29. The van der Waals surface area contributed by atoms with Gasteiger partial charge in [-0.3, -0.25) is 14.5 Å². The van der Waals surface area contributed by atoms with Gasteiger partial charge < -0.3 is 29.0 Å². The van der Waals surface area contributed by atoms with Crippen molar-refractivity contribution in [2.45, 2.75) is 46.2 Å². The van der Waals surface area contributed by atoms with Gasteiger partial charge in [0.2, 0.25) is 0 Å². The highest BCUT2D eigenvalue weighted by molar-refractivity contribution is 5.95. The largest absolute Gasteiger partial charge is 0.497 e. The number of amides is 1. The minimum atomic E-state index is -0.424. The van der Waals surface area contributed by atoms with Crippen LogP contribution in [0.3, 0.4) is 0 Å². The Kier molecular flexibility index (Phi) is 11.1. The number of nitrogens with one attached hydrogen (secondary N) is 1. The number of likely N-dealkylation sites (tertiary alicyclic amines) is 1. The van der Waals surface area contributed by atoms with E-state index in [1.54, 1.807) is 39.2 Å². The zero-order valence-electron chi connectivity index (χ0n) is 23.1. The number of carbonyl (C=O) groups excluding carboxylic acids is 2. The summed E-state index contributed by atoms with van der Waals surface area (Å²) in [5, 5.41) is 3.15. The van der Waals surface area contributed by atoms with E-state index >= 15 is 0 Å². The van der Waals surface area contributed by atoms with Gasteiger partial charge in [0.15, 0.2) is 11.5 Å². The lowest BCUT2D eigenvalue weighted by molar-refractivity contribution is -0.148. The molecule has 3 rings (SSSR count). The molecule has 1 saturated heterocycles. The number of methoxy groups -OCH3 is 2. The van der Waals surface area contributed by atoms with E-state index in [1.165, 1.54) is 7.11 Å². The summed E-state index contributed by atoms with van der Waals surface area (Å²) in [6, 6.07) is 11.2. The van der Waals surface area contributed by atoms with E-state index in [4.69, 9.17) is 23.7 Å². The monoisotopic (exact) mass is 528 g/mol. The number of hydrogen-bond donors (Lipinski definition) is 1. The summed E-state index contributed by atoms with van der Waals surface area (Å²) in [5.74, 6) is 1.54. The van der Waals surface area contributed by atoms with Crippen LogP contribution in [0.4, 0.5) is 0 Å². The van der Waals surface area contributed by atoms with Gasteiger partial charge in [-0.1, -0.05) is 6.07 Å². The number of carbonyl (C=O) groups is 2. The van der Waals surface area contributed by atoms with Crippen LogP contribution in [-0.4, -0.2) is 69.9 Å². The standard InChI is InChI=1S/C29H40N2O7/c1-6-36-27-14-21(8-9-26(27)35-5)18-31-12-10-23(11-13-31)30-28(32)22-15-24(34-4)17-25(16-22)38-19-20(3)29(33)37-7-2/h8-9,14-17,20,23H,6-7,10-13,18-19H2,1-5H3,(H,30,32). The lowest BCUT2D eigenvalue weighted by Gasteiger charge is -2.32. The summed E-state index contributed by atoms with van der Waals surface area (Å²) in [7, 11) is 3.18. The quantitative estimate of drug-likeness (QED) is 0.389. The third kappa shape index (κ3) is 8.28. The third-order valence-electron chi connectivity index (χ3n) is 6.42. The number of hydrogen-bond acceptors (Lipinski definition) is 8. The van der Waals surface area contributed by atoms with Gasteiger partial charge in [0, 0.05) is 37.3 Å². The highest BCUT2D eigenvalue weighted by atomic mass is 16.5. The Morgan fingerprint density at radius 2 is 1.68 bits per heavy atom. The van der Waals surface area contributed by atoms with Gasteiger partial charge in [0.25, 0.3) is 5.91 Å². The van der Waals surface area contributed by atoms with Crippen molar-refractivity contribution in [2.24, 2.45) is 5.92 Å². The highest BCUT2D eigenvalue weighted by Gasteiger charge is 2.23. The molecular formula is C29H40N2O7. The zero-order valence-corrected chi connectivity index (χ0v) is 23.1. The summed E-state index contributed by atoms with van der Waals surface area (Å²) in [6.07, 6.45) is 1.70. The van der Waals surface area contributed by atoms with Crippen LogP contribution in [0, 0.1) is 5.92 Å². The molecule has 0 aliphatic carbocycles. The molecule has 1 atom stereocenters. The predicted molar refractivity (Wildman–Crippen MR) is 144 cm³/mol. The summed E-state index contributed by atoms with van der Waals surface area (Å²) >= 11 is 0. The Hall–Kier alpha value is -3.46. The number of piperidine rings is 1. The Morgan fingerprint density at radius 3 is 2.34 bits per heavy atom. The van der Waals surface area contributed by atoms with Crippen molar-refractivity contribution in [2.75, 3.05) is 47.1 Å². The lowest BCUT2D eigenvalue weighted by Crippen LogP contribution is -2.44. The molecular weight excluding hydrogens is 488 g/mol. The Bertz CT molecular complexity index is 1070. The van der Waals surface area contributed by atoms with Gasteiger partial charge in [-0.2, -0.15) is 0 Å². The van der Waals surface area contributed by atoms with Gasteiger partial charge in [-0.25, -0.2) is 0 Å². The summed E-state index contributed by atoms with van der Waals surface area (Å²) in [4.78, 5) is 27.3. The van der Waals surface area contributed by atoms with E-state index in [0.29, 0.717) is 30.3 Å². The minimum Gasteiger partial charge on any atom is -0.497 e. The predicted octanol–water partition coefficient (Wildman–Crippen LogP) is 4.07. The molecule has 1 aliphatic heterocycles. The summed E-state index contributed by atoms with van der Waals surface area (Å²) in [6.45, 7) is 9.07. The van der Waals surface area contributed by atoms with Crippen LogP contribution in [-0.2, 0) is 16.1 Å². The Labute approximate surface area is 225 Å². The molecule has 1 heterocycles. The molecule has 1 N–H and O–H groups in total. The third-order valence-corrected chi connectivity index (χ3v) is 6.42. The fourth-order valence-corrected chi connectivity index (χ4v) is 4.33. The van der Waals surface area contributed by atoms with E-state index < -0.39 is 5.92 Å². The molecule has 2 aromatic carbocycles. The van der Waals surface area contributed by atoms with E-state index in [-0.39, 0.29) is 24.5 Å². The molecule has 9 nitrogen and oxygen atoms in total. The fourth-order valence-electron chi connectivity index (χ4n) is 4.33. The van der Waals surface area contributed by atoms with Gasteiger partial charge >= 0.3 is 5.97 Å². The minimum absolute atomic E-state index is 0.0769. The van der Waals surface area contributed by atoms with Crippen LogP contribution in [0.5, 0.6) is 23.0 Å². The van der Waals surface area contributed by atoms with Gasteiger partial charge in [-0.05, 0) is 63.4 Å². The van der Waals surface area contributed by atoms with Gasteiger partial charge in [0.05, 0.1) is 33.4 Å². The van der Waals surface area contributed by atoms with Crippen molar-refractivity contribution in [3.05, 3.63) is 47.5 Å². The first-order valence-corrected chi connectivity index (χ1v) is 13.2. The second-order valence-corrected chi connectivity index (χ2v) is 9.30. The molecule has 1 aliphatic rings. The van der Waals surface area contributed by atoms with Crippen LogP contribution in [0.1, 0.15) is 49.5 Å². The molecule has 38 heavy (non-hydrogen) atoms. The molecule has 0 saturated carbocycles. The van der Waals surface area contributed by atoms with Crippen LogP contribution < -0.4 is 24.3 Å². The molecule has 0 bridgehead atoms. The average molecular weight is 529 g/mol. The second kappa shape index (κ2) is 14.5. The van der Waals surface area contributed by atoms with Crippen molar-refractivity contribution in [3.63, 3.8) is 0 Å². The number of benzene rings is 2. The van der Waals surface area contributed by atoms with Crippen molar-refractivity contribution < 1.29 is 33.3 Å². The first kappa shape index (κ1) is 29.1. The number of esters is 1. The van der Waals surface area contributed by atoms with E-state index in [1.807, 2.05) is 19.1 Å². The number of ether oxygens (including phenoxy) is 5. The summed E-state index contributed by atoms with van der Waals surface area (Å²) < 4.78 is 27.3.